The lowest BCUT2D eigenvalue weighted by molar-refractivity contribution is 0.0943. The zero-order valence-corrected chi connectivity index (χ0v) is 15.9. The van der Waals surface area contributed by atoms with Crippen molar-refractivity contribution in [3.63, 3.8) is 0 Å². The summed E-state index contributed by atoms with van der Waals surface area (Å²) < 4.78 is 1.74. The average Bonchev–Trinajstić information content (AvgIpc) is 3.25. The van der Waals surface area contributed by atoms with Crippen LogP contribution in [-0.2, 0) is 0 Å². The third kappa shape index (κ3) is 3.57. The van der Waals surface area contributed by atoms with Crippen molar-refractivity contribution in [3.05, 3.63) is 65.2 Å². The van der Waals surface area contributed by atoms with Crippen LogP contribution in [0.5, 0.6) is 0 Å². The van der Waals surface area contributed by atoms with E-state index in [0.29, 0.717) is 29.6 Å². The number of hydrogen-bond donors (Lipinski definition) is 1. The highest BCUT2D eigenvalue weighted by molar-refractivity contribution is 5.94. The van der Waals surface area contributed by atoms with E-state index in [0.717, 1.165) is 19.6 Å². The van der Waals surface area contributed by atoms with E-state index in [2.05, 4.69) is 51.4 Å². The van der Waals surface area contributed by atoms with E-state index < -0.39 is 0 Å². The van der Waals surface area contributed by atoms with Gasteiger partial charge in [0.2, 0.25) is 5.78 Å². The van der Waals surface area contributed by atoms with Crippen LogP contribution in [-0.4, -0.2) is 51.4 Å². The van der Waals surface area contributed by atoms with Crippen LogP contribution in [0.15, 0.2) is 42.7 Å². The molecule has 3 aromatic rings. The Morgan fingerprint density at radius 2 is 2.11 bits per heavy atom. The third-order valence-corrected chi connectivity index (χ3v) is 5.41. The first kappa shape index (κ1) is 17.7. The van der Waals surface area contributed by atoms with Gasteiger partial charge in [-0.25, -0.2) is 9.97 Å². The van der Waals surface area contributed by atoms with Gasteiger partial charge in [0.15, 0.2) is 0 Å². The molecule has 1 amide bonds. The Kier molecular flexibility index (Phi) is 4.90. The monoisotopic (exact) mass is 363 g/mol. The molecule has 1 aliphatic rings. The minimum Gasteiger partial charge on any atom is -0.349 e. The Morgan fingerprint density at radius 1 is 1.26 bits per heavy atom. The van der Waals surface area contributed by atoms with Crippen molar-refractivity contribution in [1.82, 2.24) is 24.6 Å². The smallest absolute Gasteiger partial charge is 0.270 e. The summed E-state index contributed by atoms with van der Waals surface area (Å²) in [6, 6.07) is 10.5. The summed E-state index contributed by atoms with van der Waals surface area (Å²) in [5.41, 5.74) is 4.09. The fourth-order valence-corrected chi connectivity index (χ4v) is 4.02. The van der Waals surface area contributed by atoms with Crippen LogP contribution in [0.1, 0.15) is 39.6 Å². The van der Waals surface area contributed by atoms with Gasteiger partial charge in [-0.15, -0.1) is 0 Å². The molecular formula is C21H25N5O. The third-order valence-electron chi connectivity index (χ3n) is 5.41. The Bertz CT molecular complexity index is 964. The van der Waals surface area contributed by atoms with Gasteiger partial charge in [-0.3, -0.25) is 9.20 Å². The number of aromatic nitrogens is 3. The van der Waals surface area contributed by atoms with Crippen molar-refractivity contribution in [2.24, 2.45) is 0 Å². The van der Waals surface area contributed by atoms with Gasteiger partial charge in [-0.2, -0.15) is 0 Å². The molecule has 6 nitrogen and oxygen atoms in total. The number of likely N-dealkylation sites (tertiary alicyclic amines) is 1. The van der Waals surface area contributed by atoms with Gasteiger partial charge < -0.3 is 10.2 Å². The number of nitrogens with one attached hydrogen (secondary N) is 1. The molecular weight excluding hydrogens is 338 g/mol. The van der Waals surface area contributed by atoms with E-state index in [1.165, 1.54) is 17.5 Å². The lowest BCUT2D eigenvalue weighted by Gasteiger charge is -2.17. The number of hydrogen-bond acceptors (Lipinski definition) is 4. The molecule has 27 heavy (non-hydrogen) atoms. The van der Waals surface area contributed by atoms with Crippen LogP contribution in [0.2, 0.25) is 0 Å². The van der Waals surface area contributed by atoms with Crippen LogP contribution in [0.4, 0.5) is 0 Å². The molecule has 2 aromatic heterocycles. The zero-order chi connectivity index (χ0) is 18.8. The molecule has 1 aliphatic heterocycles. The number of amides is 1. The molecule has 0 aliphatic carbocycles. The highest BCUT2D eigenvalue weighted by atomic mass is 16.1. The molecule has 0 spiro atoms. The summed E-state index contributed by atoms with van der Waals surface area (Å²) in [6.45, 7) is 7.66. The summed E-state index contributed by atoms with van der Waals surface area (Å²) >= 11 is 0. The minimum atomic E-state index is -0.0948. The first-order valence-corrected chi connectivity index (χ1v) is 9.49. The minimum absolute atomic E-state index is 0.0948. The zero-order valence-electron chi connectivity index (χ0n) is 15.9. The molecule has 1 saturated heterocycles. The van der Waals surface area contributed by atoms with Crippen LogP contribution in [0.3, 0.4) is 0 Å². The number of aryl methyl sites for hydroxylation is 2. The number of carbonyl (C=O) groups excluding carboxylic acids is 1. The lowest BCUT2D eigenvalue weighted by atomic mass is 9.94. The van der Waals surface area contributed by atoms with E-state index in [9.17, 15) is 4.79 Å². The summed E-state index contributed by atoms with van der Waals surface area (Å²) in [6.07, 6.45) is 4.68. The van der Waals surface area contributed by atoms with Crippen molar-refractivity contribution in [2.45, 2.75) is 26.2 Å². The summed E-state index contributed by atoms with van der Waals surface area (Å²) in [5.74, 6) is 1.05. The standard InChI is InChI=1S/C21H25N5O/c1-15-6-3-4-7-18(15)17-8-12-25(14-17)13-10-22-20(27)19-16(2)24-21-23-9-5-11-26(19)21/h3-7,9,11,17H,8,10,12-14H2,1-2H3,(H,22,27)/t17-/m0/s1. The fourth-order valence-electron chi connectivity index (χ4n) is 4.02. The molecule has 1 N–H and O–H groups in total. The van der Waals surface area contributed by atoms with Crippen molar-refractivity contribution >= 4 is 11.7 Å². The van der Waals surface area contributed by atoms with E-state index >= 15 is 0 Å². The van der Waals surface area contributed by atoms with E-state index in [-0.39, 0.29) is 5.91 Å². The number of carbonyl (C=O) groups is 1. The second-order valence-corrected chi connectivity index (χ2v) is 7.23. The maximum absolute atomic E-state index is 12.6. The average molecular weight is 363 g/mol. The molecule has 0 radical (unpaired) electrons. The van der Waals surface area contributed by atoms with Crippen molar-refractivity contribution < 1.29 is 4.79 Å². The second kappa shape index (κ2) is 7.48. The number of benzene rings is 1. The van der Waals surface area contributed by atoms with Crippen LogP contribution >= 0.6 is 0 Å². The normalized spacial score (nSPS) is 17.5. The van der Waals surface area contributed by atoms with Gasteiger partial charge >= 0.3 is 0 Å². The quantitative estimate of drug-likeness (QED) is 0.757. The highest BCUT2D eigenvalue weighted by Gasteiger charge is 2.24. The van der Waals surface area contributed by atoms with Crippen LogP contribution < -0.4 is 5.32 Å². The maximum atomic E-state index is 12.6. The first-order chi connectivity index (χ1) is 13.1. The molecule has 1 atom stereocenters. The SMILES string of the molecule is Cc1ccccc1[C@H]1CCN(CCNC(=O)c2c(C)nc3ncccn23)C1. The second-order valence-electron chi connectivity index (χ2n) is 7.23. The highest BCUT2D eigenvalue weighted by Crippen LogP contribution is 2.28. The van der Waals surface area contributed by atoms with Crippen molar-refractivity contribution in [3.8, 4) is 0 Å². The molecule has 0 bridgehead atoms. The molecule has 3 heterocycles. The van der Waals surface area contributed by atoms with Gasteiger partial charge in [0.05, 0.1) is 5.69 Å². The molecule has 0 unspecified atom stereocenters. The molecule has 1 aromatic carbocycles. The Hall–Kier alpha value is -2.73. The van der Waals surface area contributed by atoms with Gasteiger partial charge in [0.25, 0.3) is 5.91 Å². The Morgan fingerprint density at radius 3 is 2.96 bits per heavy atom. The number of rotatable bonds is 5. The summed E-state index contributed by atoms with van der Waals surface area (Å²) in [4.78, 5) is 23.6. The lowest BCUT2D eigenvalue weighted by Crippen LogP contribution is -2.34. The number of nitrogens with zero attached hydrogens (tertiary/aromatic N) is 4. The van der Waals surface area contributed by atoms with Crippen molar-refractivity contribution in [2.75, 3.05) is 26.2 Å². The van der Waals surface area contributed by atoms with E-state index in [4.69, 9.17) is 0 Å². The van der Waals surface area contributed by atoms with Crippen molar-refractivity contribution in [1.29, 1.82) is 0 Å². The number of fused-ring (bicyclic) bond motifs is 1. The molecule has 4 rings (SSSR count). The molecule has 0 saturated carbocycles. The predicted octanol–water partition coefficient (Wildman–Crippen LogP) is 2.57. The van der Waals surface area contributed by atoms with Gasteiger partial charge in [0.1, 0.15) is 5.69 Å². The molecule has 1 fully saturated rings. The fraction of sp³-hybridized carbons (Fsp3) is 0.381. The van der Waals surface area contributed by atoms with Gasteiger partial charge in [-0.05, 0) is 49.9 Å². The Balaban J connectivity index is 1.33. The van der Waals surface area contributed by atoms with E-state index in [1.807, 2.05) is 13.1 Å². The maximum Gasteiger partial charge on any atom is 0.270 e. The topological polar surface area (TPSA) is 62.5 Å². The van der Waals surface area contributed by atoms with Gasteiger partial charge in [-0.1, -0.05) is 24.3 Å². The number of imidazole rings is 1. The predicted molar refractivity (Wildman–Crippen MR) is 105 cm³/mol. The largest absolute Gasteiger partial charge is 0.349 e. The summed E-state index contributed by atoms with van der Waals surface area (Å²) in [5, 5.41) is 3.04. The molecule has 6 heteroatoms. The Labute approximate surface area is 159 Å². The molecule has 140 valence electrons. The van der Waals surface area contributed by atoms with Crippen LogP contribution in [0.25, 0.3) is 5.78 Å². The van der Waals surface area contributed by atoms with Crippen LogP contribution in [0, 0.1) is 13.8 Å². The van der Waals surface area contributed by atoms with Gasteiger partial charge in [0, 0.05) is 32.0 Å². The van der Waals surface area contributed by atoms with E-state index in [1.54, 1.807) is 16.7 Å². The summed E-state index contributed by atoms with van der Waals surface area (Å²) in [7, 11) is 0. The first-order valence-electron chi connectivity index (χ1n) is 9.49.